The molecular weight excluding hydrogens is 777 g/mol. The van der Waals surface area contributed by atoms with Gasteiger partial charge in [0.1, 0.15) is 23.1 Å². The Morgan fingerprint density at radius 1 is 0.420 bits per heavy atom. The molecule has 0 radical (unpaired) electrons. The van der Waals surface area contributed by atoms with Crippen LogP contribution in [0.1, 0.15) is 122 Å². The van der Waals surface area contributed by atoms with E-state index in [-0.39, 0.29) is 31.5 Å². The van der Waals surface area contributed by atoms with Gasteiger partial charge in [-0.2, -0.15) is 70.6 Å². The molecule has 12 heteroatoms. The summed E-state index contributed by atoms with van der Waals surface area (Å²) in [6.45, 7) is 25.5. The second-order valence-electron chi connectivity index (χ2n) is 12.6. The SMILES string of the molecule is CCSC(CS[C@@H](CC)[C@H](C)SC(CS[C@H]([C@@H](C)SCC(SC(C)C)C(=O)CC)[C@@H](CC)SCC(SCC)C(=O)CC)C(=O)CC)C(=O)CC. The molecule has 50 heavy (non-hydrogen) atoms. The Labute approximate surface area is 342 Å². The molecule has 0 aliphatic carbocycles. The van der Waals surface area contributed by atoms with Crippen LogP contribution in [-0.2, 0) is 19.2 Å². The van der Waals surface area contributed by atoms with Gasteiger partial charge in [-0.25, -0.2) is 0 Å². The van der Waals surface area contributed by atoms with E-state index in [0.29, 0.717) is 69.8 Å². The fourth-order valence-corrected chi connectivity index (χ4v) is 17.6. The molecule has 0 aromatic carbocycles. The molecule has 0 amide bonds. The lowest BCUT2D eigenvalue weighted by Gasteiger charge is -2.33. The van der Waals surface area contributed by atoms with Gasteiger partial charge in [0, 0.05) is 74.9 Å². The lowest BCUT2D eigenvalue weighted by atomic mass is 10.2. The predicted octanol–water partition coefficient (Wildman–Crippen LogP) is 11.4. The second-order valence-corrected chi connectivity index (χ2v) is 24.1. The van der Waals surface area contributed by atoms with Crippen molar-refractivity contribution in [3.05, 3.63) is 0 Å². The van der Waals surface area contributed by atoms with Crippen LogP contribution in [0, 0.1) is 0 Å². The lowest BCUT2D eigenvalue weighted by Crippen LogP contribution is -2.34. The van der Waals surface area contributed by atoms with Crippen LogP contribution in [0.4, 0.5) is 0 Å². The van der Waals surface area contributed by atoms with Crippen LogP contribution in [0.15, 0.2) is 0 Å². The van der Waals surface area contributed by atoms with Gasteiger partial charge < -0.3 is 0 Å². The Morgan fingerprint density at radius 3 is 1.20 bits per heavy atom. The van der Waals surface area contributed by atoms with E-state index in [1.807, 2.05) is 86.5 Å². The minimum atomic E-state index is -0.0917. The first kappa shape index (κ1) is 51.5. The zero-order valence-electron chi connectivity index (χ0n) is 33.2. The molecule has 294 valence electrons. The zero-order valence-corrected chi connectivity index (χ0v) is 39.7. The number of carbonyl (C=O) groups excluding carboxylic acids is 4. The van der Waals surface area contributed by atoms with Gasteiger partial charge in [-0.05, 0) is 29.6 Å². The molecule has 0 bridgehead atoms. The highest BCUT2D eigenvalue weighted by Gasteiger charge is 2.33. The van der Waals surface area contributed by atoms with Crippen LogP contribution in [-0.4, -0.2) is 110 Å². The fourth-order valence-electron chi connectivity index (χ4n) is 5.40. The average Bonchev–Trinajstić information content (AvgIpc) is 3.11. The van der Waals surface area contributed by atoms with Crippen molar-refractivity contribution in [1.29, 1.82) is 0 Å². The third-order valence-electron chi connectivity index (χ3n) is 8.41. The number of ketones is 4. The zero-order chi connectivity index (χ0) is 38.2. The molecule has 0 saturated heterocycles. The van der Waals surface area contributed by atoms with Crippen molar-refractivity contribution in [2.75, 3.05) is 34.5 Å². The molecular formula is C38H70O4S8. The maximum atomic E-state index is 13.5. The summed E-state index contributed by atoms with van der Waals surface area (Å²) in [6, 6.07) is 0. The summed E-state index contributed by atoms with van der Waals surface area (Å²) < 4.78 is 0. The van der Waals surface area contributed by atoms with Crippen LogP contribution < -0.4 is 0 Å². The van der Waals surface area contributed by atoms with Crippen LogP contribution in [0.25, 0.3) is 0 Å². The van der Waals surface area contributed by atoms with E-state index in [4.69, 9.17) is 0 Å². The van der Waals surface area contributed by atoms with Gasteiger partial charge >= 0.3 is 0 Å². The molecule has 0 aliphatic heterocycles. The van der Waals surface area contributed by atoms with Crippen molar-refractivity contribution in [2.45, 2.75) is 174 Å². The Balaban J connectivity index is 6.14. The molecule has 0 N–H and O–H groups in total. The van der Waals surface area contributed by atoms with Gasteiger partial charge in [-0.1, -0.05) is 83.1 Å². The summed E-state index contributed by atoms with van der Waals surface area (Å²) in [5, 5.41) is 1.94. The largest absolute Gasteiger partial charge is 0.298 e. The fraction of sp³-hybridized carbons (Fsp3) is 0.895. The Bertz CT molecular complexity index is 952. The topological polar surface area (TPSA) is 68.3 Å². The molecule has 0 rings (SSSR count). The van der Waals surface area contributed by atoms with Gasteiger partial charge in [-0.15, -0.1) is 23.5 Å². The second kappa shape index (κ2) is 30.7. The first-order chi connectivity index (χ1) is 23.8. The molecule has 0 aromatic heterocycles. The van der Waals surface area contributed by atoms with Crippen molar-refractivity contribution < 1.29 is 19.2 Å². The van der Waals surface area contributed by atoms with Gasteiger partial charge in [0.15, 0.2) is 0 Å². The van der Waals surface area contributed by atoms with E-state index in [2.05, 4.69) is 55.4 Å². The smallest absolute Gasteiger partial charge is 0.146 e. The summed E-state index contributed by atoms with van der Waals surface area (Å²) in [4.78, 5) is 51.8. The summed E-state index contributed by atoms with van der Waals surface area (Å²) in [7, 11) is 0. The van der Waals surface area contributed by atoms with Crippen LogP contribution in [0.2, 0.25) is 0 Å². The molecule has 0 spiro atoms. The normalized spacial score (nSPS) is 17.4. The molecule has 0 heterocycles. The summed E-state index contributed by atoms with van der Waals surface area (Å²) >= 11 is 14.8. The van der Waals surface area contributed by atoms with Gasteiger partial charge in [-0.3, -0.25) is 19.2 Å². The van der Waals surface area contributed by atoms with E-state index in [1.54, 1.807) is 35.3 Å². The van der Waals surface area contributed by atoms with E-state index >= 15 is 0 Å². The van der Waals surface area contributed by atoms with Crippen molar-refractivity contribution in [3.8, 4) is 0 Å². The highest BCUT2D eigenvalue weighted by Crippen LogP contribution is 2.40. The highest BCUT2D eigenvalue weighted by atomic mass is 32.2. The van der Waals surface area contributed by atoms with E-state index in [9.17, 15) is 19.2 Å². The number of hydrogen-bond donors (Lipinski definition) is 0. The van der Waals surface area contributed by atoms with E-state index in [0.717, 1.165) is 47.4 Å². The van der Waals surface area contributed by atoms with Crippen LogP contribution in [0.3, 0.4) is 0 Å². The van der Waals surface area contributed by atoms with Crippen molar-refractivity contribution in [3.63, 3.8) is 0 Å². The predicted molar refractivity (Wildman–Crippen MR) is 244 cm³/mol. The molecule has 0 saturated carbocycles. The minimum Gasteiger partial charge on any atom is -0.298 e. The maximum absolute atomic E-state index is 13.5. The molecule has 4 unspecified atom stereocenters. The quantitative estimate of drug-likeness (QED) is 0.0632. The Morgan fingerprint density at radius 2 is 0.800 bits per heavy atom. The van der Waals surface area contributed by atoms with Crippen molar-refractivity contribution in [1.82, 2.24) is 0 Å². The standard InChI is InChI=1S/C38H70O4S8/c1-13-28(39)34(43-19-7)21-46-32(17-5)26(11)50-37(31(42)16-4)24-48-38(27(12)45-23-36(30(41)15-3)49-25(9)10)33(18-6)47-22-35(44-20-8)29(40)14-2/h25-27,32-38H,13-24H2,1-12H3/t26-,27+,32-,33+,34?,35?,36?,37?,38+/m0/s1. The number of thioether (sulfide) groups is 8. The monoisotopic (exact) mass is 846 g/mol. The lowest BCUT2D eigenvalue weighted by molar-refractivity contribution is -0.118. The molecule has 0 aliphatic rings. The summed E-state index contributed by atoms with van der Waals surface area (Å²) in [5.74, 6) is 6.38. The first-order valence-corrected chi connectivity index (χ1v) is 27.1. The number of rotatable bonds is 33. The van der Waals surface area contributed by atoms with Gasteiger partial charge in [0.25, 0.3) is 0 Å². The van der Waals surface area contributed by atoms with Gasteiger partial charge in [0.05, 0.1) is 21.0 Å². The Hall–Kier alpha value is 1.48. The first-order valence-electron chi connectivity index (χ1n) is 18.9. The number of carbonyl (C=O) groups is 4. The summed E-state index contributed by atoms with van der Waals surface area (Å²) in [5.41, 5.74) is 0. The molecule has 0 fully saturated rings. The minimum absolute atomic E-state index is 0.00409. The van der Waals surface area contributed by atoms with Crippen molar-refractivity contribution >= 4 is 117 Å². The third-order valence-corrected chi connectivity index (χ3v) is 21.2. The van der Waals surface area contributed by atoms with E-state index < -0.39 is 0 Å². The summed E-state index contributed by atoms with van der Waals surface area (Å²) in [6.07, 6.45) is 4.24. The van der Waals surface area contributed by atoms with Crippen LogP contribution >= 0.6 is 94.1 Å². The average molecular weight is 848 g/mol. The number of Topliss-reactive ketones (excluding diaryl/α,β-unsaturated/α-hetero) is 4. The third kappa shape index (κ3) is 20.4. The molecule has 4 nitrogen and oxygen atoms in total. The van der Waals surface area contributed by atoms with Crippen LogP contribution in [0.5, 0.6) is 0 Å². The highest BCUT2D eigenvalue weighted by molar-refractivity contribution is 8.09. The molecule has 0 aromatic rings. The number of hydrogen-bond acceptors (Lipinski definition) is 12. The van der Waals surface area contributed by atoms with Gasteiger partial charge in [0.2, 0.25) is 0 Å². The Kier molecular flexibility index (Phi) is 31.6. The van der Waals surface area contributed by atoms with Crippen molar-refractivity contribution in [2.24, 2.45) is 0 Å². The maximum Gasteiger partial charge on any atom is 0.146 e. The van der Waals surface area contributed by atoms with E-state index in [1.165, 1.54) is 0 Å². The molecule has 9 atom stereocenters.